The fraction of sp³-hybridized carbons (Fsp3) is 0.300. The Labute approximate surface area is 147 Å². The molecule has 0 unspecified atom stereocenters. The third-order valence-electron chi connectivity index (χ3n) is 3.40. The van der Waals surface area contributed by atoms with E-state index in [1.807, 2.05) is 0 Å². The van der Waals surface area contributed by atoms with Crippen molar-refractivity contribution in [1.29, 1.82) is 0 Å². The number of rotatable bonds is 8. The molecule has 5 heteroatoms. The van der Waals surface area contributed by atoms with Gasteiger partial charge in [0.15, 0.2) is 0 Å². The second kappa shape index (κ2) is 9.47. The van der Waals surface area contributed by atoms with E-state index in [0.29, 0.717) is 23.7 Å². The third-order valence-corrected chi connectivity index (χ3v) is 3.40. The van der Waals surface area contributed by atoms with Crippen LogP contribution in [0.5, 0.6) is 17.2 Å². The van der Waals surface area contributed by atoms with Gasteiger partial charge in [-0.2, -0.15) is 0 Å². The van der Waals surface area contributed by atoms with Crippen LogP contribution in [0, 0.1) is 0 Å². The molecule has 0 heterocycles. The molecule has 0 spiro atoms. The number of hydrogen-bond acceptors (Lipinski definition) is 5. The summed E-state index contributed by atoms with van der Waals surface area (Å²) >= 11 is 0. The van der Waals surface area contributed by atoms with Gasteiger partial charge in [0.25, 0.3) is 0 Å². The van der Waals surface area contributed by atoms with Gasteiger partial charge in [-0.1, -0.05) is 19.8 Å². The van der Waals surface area contributed by atoms with Crippen molar-refractivity contribution >= 4 is 11.9 Å². The highest BCUT2D eigenvalue weighted by atomic mass is 16.5. The molecule has 0 fully saturated rings. The predicted octanol–water partition coefficient (Wildman–Crippen LogP) is 4.40. The highest BCUT2D eigenvalue weighted by Gasteiger charge is 2.09. The lowest BCUT2D eigenvalue weighted by atomic mass is 10.2. The van der Waals surface area contributed by atoms with E-state index in [1.54, 1.807) is 48.5 Å². The first kappa shape index (κ1) is 18.5. The lowest BCUT2D eigenvalue weighted by Crippen LogP contribution is -2.08. The van der Waals surface area contributed by atoms with Gasteiger partial charge in [-0.15, -0.1) is 0 Å². The van der Waals surface area contributed by atoms with E-state index in [1.165, 1.54) is 6.92 Å². The number of carbonyl (C=O) groups excluding carboxylic acids is 2. The standard InChI is InChI=1S/C20H22O5/c1-3-4-5-14-23-17-10-12-19(13-11-17)25-20(22)16-6-8-18(9-7-16)24-15(2)21/h6-13H,3-5,14H2,1-2H3. The molecule has 132 valence electrons. The summed E-state index contributed by atoms with van der Waals surface area (Å²) in [5.41, 5.74) is 0.371. The van der Waals surface area contributed by atoms with Gasteiger partial charge in [0.1, 0.15) is 17.2 Å². The van der Waals surface area contributed by atoms with Gasteiger partial charge in [0, 0.05) is 6.92 Å². The fourth-order valence-electron chi connectivity index (χ4n) is 2.14. The maximum atomic E-state index is 12.1. The van der Waals surface area contributed by atoms with E-state index in [9.17, 15) is 9.59 Å². The Morgan fingerprint density at radius 2 is 1.36 bits per heavy atom. The lowest BCUT2D eigenvalue weighted by Gasteiger charge is -2.08. The lowest BCUT2D eigenvalue weighted by molar-refractivity contribution is -0.131. The van der Waals surface area contributed by atoms with Gasteiger partial charge in [0.05, 0.1) is 12.2 Å². The van der Waals surface area contributed by atoms with E-state index in [-0.39, 0.29) is 0 Å². The maximum Gasteiger partial charge on any atom is 0.343 e. The van der Waals surface area contributed by atoms with Gasteiger partial charge in [-0.05, 0) is 55.0 Å². The minimum Gasteiger partial charge on any atom is -0.494 e. The third kappa shape index (κ3) is 6.30. The normalized spacial score (nSPS) is 10.2. The highest BCUT2D eigenvalue weighted by Crippen LogP contribution is 2.20. The Morgan fingerprint density at radius 1 is 0.800 bits per heavy atom. The topological polar surface area (TPSA) is 61.8 Å². The summed E-state index contributed by atoms with van der Waals surface area (Å²) in [6.07, 6.45) is 3.32. The number of benzene rings is 2. The molecule has 0 amide bonds. The molecule has 0 aliphatic rings. The molecule has 0 N–H and O–H groups in total. The molecule has 0 radical (unpaired) electrons. The monoisotopic (exact) mass is 342 g/mol. The largest absolute Gasteiger partial charge is 0.494 e. The molecule has 2 aromatic rings. The molecular formula is C20H22O5. The average Bonchev–Trinajstić information content (AvgIpc) is 2.60. The zero-order valence-corrected chi connectivity index (χ0v) is 14.5. The van der Waals surface area contributed by atoms with E-state index in [4.69, 9.17) is 14.2 Å². The van der Waals surface area contributed by atoms with Crippen molar-refractivity contribution in [3.05, 3.63) is 54.1 Å². The predicted molar refractivity (Wildman–Crippen MR) is 94.2 cm³/mol. The first-order valence-electron chi connectivity index (χ1n) is 8.32. The van der Waals surface area contributed by atoms with E-state index in [0.717, 1.165) is 25.0 Å². The Kier molecular flexibility index (Phi) is 7.01. The zero-order valence-electron chi connectivity index (χ0n) is 14.5. The Balaban J connectivity index is 1.88. The maximum absolute atomic E-state index is 12.1. The second-order valence-electron chi connectivity index (χ2n) is 5.53. The van der Waals surface area contributed by atoms with Crippen LogP contribution in [0.1, 0.15) is 43.5 Å². The van der Waals surface area contributed by atoms with Gasteiger partial charge in [-0.25, -0.2) is 4.79 Å². The molecule has 25 heavy (non-hydrogen) atoms. The molecule has 0 bridgehead atoms. The number of carbonyl (C=O) groups is 2. The van der Waals surface area contributed by atoms with Crippen molar-refractivity contribution in [3.63, 3.8) is 0 Å². The molecule has 0 aliphatic heterocycles. The van der Waals surface area contributed by atoms with Gasteiger partial charge in [0.2, 0.25) is 0 Å². The van der Waals surface area contributed by atoms with E-state index < -0.39 is 11.9 Å². The molecule has 0 saturated heterocycles. The molecule has 5 nitrogen and oxygen atoms in total. The van der Waals surface area contributed by atoms with Crippen molar-refractivity contribution in [2.75, 3.05) is 6.61 Å². The van der Waals surface area contributed by atoms with Crippen LogP contribution in [0.25, 0.3) is 0 Å². The SMILES string of the molecule is CCCCCOc1ccc(OC(=O)c2ccc(OC(C)=O)cc2)cc1. The summed E-state index contributed by atoms with van der Waals surface area (Å²) in [5, 5.41) is 0. The average molecular weight is 342 g/mol. The number of esters is 2. The van der Waals surface area contributed by atoms with Gasteiger partial charge >= 0.3 is 11.9 Å². The smallest absolute Gasteiger partial charge is 0.343 e. The molecule has 2 rings (SSSR count). The molecule has 0 atom stereocenters. The van der Waals surface area contributed by atoms with Crippen molar-refractivity contribution in [2.24, 2.45) is 0 Å². The Bertz CT molecular complexity index is 689. The van der Waals surface area contributed by atoms with Crippen LogP contribution in [0.4, 0.5) is 0 Å². The summed E-state index contributed by atoms with van der Waals surface area (Å²) in [7, 11) is 0. The van der Waals surface area contributed by atoms with Crippen LogP contribution in [-0.4, -0.2) is 18.5 Å². The van der Waals surface area contributed by atoms with Crippen LogP contribution in [0.3, 0.4) is 0 Å². The quantitative estimate of drug-likeness (QED) is 0.404. The van der Waals surface area contributed by atoms with E-state index >= 15 is 0 Å². The molecular weight excluding hydrogens is 320 g/mol. The fourth-order valence-corrected chi connectivity index (χ4v) is 2.14. The Hall–Kier alpha value is -2.82. The van der Waals surface area contributed by atoms with Gasteiger partial charge < -0.3 is 14.2 Å². The first-order chi connectivity index (χ1) is 12.1. The van der Waals surface area contributed by atoms with Crippen molar-refractivity contribution < 1.29 is 23.8 Å². The van der Waals surface area contributed by atoms with Crippen LogP contribution in [0.2, 0.25) is 0 Å². The molecule has 0 aliphatic carbocycles. The summed E-state index contributed by atoms with van der Waals surface area (Å²) in [6, 6.07) is 13.1. The summed E-state index contributed by atoms with van der Waals surface area (Å²) in [5.74, 6) is 0.684. The number of ether oxygens (including phenoxy) is 3. The molecule has 0 saturated carbocycles. The van der Waals surface area contributed by atoms with Crippen LogP contribution >= 0.6 is 0 Å². The molecule has 0 aromatic heterocycles. The van der Waals surface area contributed by atoms with Crippen molar-refractivity contribution in [3.8, 4) is 17.2 Å². The second-order valence-corrected chi connectivity index (χ2v) is 5.53. The van der Waals surface area contributed by atoms with E-state index in [2.05, 4.69) is 6.92 Å². The molecule has 2 aromatic carbocycles. The minimum absolute atomic E-state index is 0.371. The number of unbranched alkanes of at least 4 members (excludes halogenated alkanes) is 2. The minimum atomic E-state index is -0.481. The van der Waals surface area contributed by atoms with Crippen molar-refractivity contribution in [2.45, 2.75) is 33.1 Å². The zero-order chi connectivity index (χ0) is 18.1. The first-order valence-corrected chi connectivity index (χ1v) is 8.32. The summed E-state index contributed by atoms with van der Waals surface area (Å²) in [4.78, 5) is 23.0. The summed E-state index contributed by atoms with van der Waals surface area (Å²) < 4.78 is 15.9. The highest BCUT2D eigenvalue weighted by molar-refractivity contribution is 5.91. The Morgan fingerprint density at radius 3 is 1.96 bits per heavy atom. The van der Waals surface area contributed by atoms with Crippen LogP contribution in [-0.2, 0) is 4.79 Å². The van der Waals surface area contributed by atoms with Crippen LogP contribution in [0.15, 0.2) is 48.5 Å². The number of hydrogen-bond donors (Lipinski definition) is 0. The summed E-state index contributed by atoms with van der Waals surface area (Å²) in [6.45, 7) is 4.15. The van der Waals surface area contributed by atoms with Crippen molar-refractivity contribution in [1.82, 2.24) is 0 Å². The van der Waals surface area contributed by atoms with Gasteiger partial charge in [-0.3, -0.25) is 4.79 Å². The van der Waals surface area contributed by atoms with Crippen LogP contribution < -0.4 is 14.2 Å².